The second-order valence-corrected chi connectivity index (χ2v) is 8.09. The standard InChI is InChI=1S/C15H15N3O3.C10H8F6N/c19-14(20)12-10-16-15(18-6-8-21-9-7-18)17-13(12)11-4-2-1-3-5-11;1-17-5-6-2-7(9(11,12)13)4-8(3-6)10(14,15)16/h1-5,10H,6-9H2,(H,19,20);2-4H,5H2,1H3/q;-1. The zero-order chi connectivity index (χ0) is 27.9. The van der Waals surface area contributed by atoms with Crippen molar-refractivity contribution in [2.75, 3.05) is 38.3 Å². The number of hydrogen-bond donors (Lipinski definition) is 1. The first-order chi connectivity index (χ1) is 17.9. The lowest BCUT2D eigenvalue weighted by atomic mass is 10.0. The highest BCUT2D eigenvalue weighted by atomic mass is 19.4. The Morgan fingerprint density at radius 3 is 2.08 bits per heavy atom. The number of rotatable bonds is 5. The molecule has 204 valence electrons. The van der Waals surface area contributed by atoms with Gasteiger partial charge in [0, 0.05) is 24.8 Å². The van der Waals surface area contributed by atoms with Gasteiger partial charge in [0.1, 0.15) is 5.56 Å². The Hall–Kier alpha value is -3.71. The van der Waals surface area contributed by atoms with Gasteiger partial charge in [0.25, 0.3) is 0 Å². The molecule has 0 atom stereocenters. The largest absolute Gasteiger partial charge is 0.661 e. The Bertz CT molecular complexity index is 1200. The zero-order valence-electron chi connectivity index (χ0n) is 20.1. The van der Waals surface area contributed by atoms with Gasteiger partial charge in [0.15, 0.2) is 0 Å². The van der Waals surface area contributed by atoms with Crippen LogP contribution in [0.15, 0.2) is 54.7 Å². The third-order valence-corrected chi connectivity index (χ3v) is 5.34. The second-order valence-electron chi connectivity index (χ2n) is 8.09. The van der Waals surface area contributed by atoms with Crippen molar-refractivity contribution >= 4 is 11.9 Å². The normalized spacial score (nSPS) is 14.0. The number of anilines is 1. The van der Waals surface area contributed by atoms with E-state index in [1.54, 1.807) is 0 Å². The molecule has 1 aromatic heterocycles. The van der Waals surface area contributed by atoms with Gasteiger partial charge in [0.05, 0.1) is 30.0 Å². The number of carboxylic acid groups (broad SMARTS) is 1. The van der Waals surface area contributed by atoms with Crippen LogP contribution in [-0.4, -0.2) is 54.4 Å². The summed E-state index contributed by atoms with van der Waals surface area (Å²) >= 11 is 0. The van der Waals surface area contributed by atoms with Crippen molar-refractivity contribution < 1.29 is 41.0 Å². The highest BCUT2D eigenvalue weighted by molar-refractivity contribution is 5.94. The summed E-state index contributed by atoms with van der Waals surface area (Å²) in [5.41, 5.74) is -1.42. The molecule has 1 fully saturated rings. The van der Waals surface area contributed by atoms with Gasteiger partial charge < -0.3 is 20.1 Å². The van der Waals surface area contributed by atoms with Crippen molar-refractivity contribution in [3.05, 3.63) is 82.3 Å². The zero-order valence-corrected chi connectivity index (χ0v) is 20.1. The molecule has 0 saturated carbocycles. The molecule has 1 aliphatic rings. The van der Waals surface area contributed by atoms with Crippen LogP contribution in [0.25, 0.3) is 16.6 Å². The van der Waals surface area contributed by atoms with Crippen LogP contribution >= 0.6 is 0 Å². The van der Waals surface area contributed by atoms with Crippen LogP contribution < -0.4 is 4.90 Å². The Morgan fingerprint density at radius 2 is 1.58 bits per heavy atom. The predicted octanol–water partition coefficient (Wildman–Crippen LogP) is 5.91. The smallest absolute Gasteiger partial charge is 0.416 e. The molecule has 4 rings (SSSR count). The Labute approximate surface area is 214 Å². The number of benzene rings is 2. The van der Waals surface area contributed by atoms with Crippen molar-refractivity contribution in [1.29, 1.82) is 0 Å². The topological polar surface area (TPSA) is 89.7 Å². The summed E-state index contributed by atoms with van der Waals surface area (Å²) in [5, 5.41) is 12.8. The molecule has 0 amide bonds. The van der Waals surface area contributed by atoms with Crippen molar-refractivity contribution in [2.45, 2.75) is 18.9 Å². The Morgan fingerprint density at radius 1 is 1.00 bits per heavy atom. The maximum Gasteiger partial charge on any atom is 0.416 e. The van der Waals surface area contributed by atoms with Gasteiger partial charge >= 0.3 is 18.3 Å². The first-order valence-corrected chi connectivity index (χ1v) is 11.2. The average Bonchev–Trinajstić information content (AvgIpc) is 2.89. The molecule has 0 spiro atoms. The van der Waals surface area contributed by atoms with Crippen LogP contribution in [0.4, 0.5) is 32.3 Å². The summed E-state index contributed by atoms with van der Waals surface area (Å²) in [6, 6.07) is 10.7. The molecule has 1 aliphatic heterocycles. The van der Waals surface area contributed by atoms with Crippen molar-refractivity contribution in [1.82, 2.24) is 9.97 Å². The quantitative estimate of drug-likeness (QED) is 0.405. The SMILES string of the molecule is C[N-]Cc1cc(C(F)(F)F)cc(C(F)(F)F)c1.O=C(O)c1cnc(N2CCOCC2)nc1-c1ccccc1. The summed E-state index contributed by atoms with van der Waals surface area (Å²) in [7, 11) is 1.31. The van der Waals surface area contributed by atoms with E-state index in [-0.39, 0.29) is 23.7 Å². The molecule has 0 bridgehead atoms. The van der Waals surface area contributed by atoms with E-state index in [0.717, 1.165) is 5.56 Å². The van der Waals surface area contributed by atoms with E-state index in [1.165, 1.54) is 13.2 Å². The lowest BCUT2D eigenvalue weighted by Crippen LogP contribution is -2.37. The van der Waals surface area contributed by atoms with Crippen LogP contribution in [0.2, 0.25) is 0 Å². The van der Waals surface area contributed by atoms with Crippen LogP contribution in [0.1, 0.15) is 27.0 Å². The molecule has 0 radical (unpaired) electrons. The molecule has 38 heavy (non-hydrogen) atoms. The lowest BCUT2D eigenvalue weighted by Gasteiger charge is -2.27. The van der Waals surface area contributed by atoms with Crippen LogP contribution in [-0.2, 0) is 23.6 Å². The summed E-state index contributed by atoms with van der Waals surface area (Å²) in [6.45, 7) is 2.49. The van der Waals surface area contributed by atoms with E-state index in [4.69, 9.17) is 4.74 Å². The fourth-order valence-electron chi connectivity index (χ4n) is 3.55. The second kappa shape index (κ2) is 12.2. The average molecular weight is 541 g/mol. The van der Waals surface area contributed by atoms with Gasteiger partial charge in [-0.3, -0.25) is 0 Å². The van der Waals surface area contributed by atoms with Crippen molar-refractivity contribution in [2.24, 2.45) is 0 Å². The molecule has 2 heterocycles. The fraction of sp³-hybridized carbons (Fsp3) is 0.320. The van der Waals surface area contributed by atoms with E-state index in [0.29, 0.717) is 50.1 Å². The third-order valence-electron chi connectivity index (χ3n) is 5.34. The number of hydrogen-bond acceptors (Lipinski definition) is 5. The third kappa shape index (κ3) is 7.65. The molecule has 1 N–H and O–H groups in total. The minimum Gasteiger partial charge on any atom is -0.661 e. The summed E-state index contributed by atoms with van der Waals surface area (Å²) in [4.78, 5) is 22.0. The van der Waals surface area contributed by atoms with Crippen LogP contribution in [0.3, 0.4) is 0 Å². The van der Waals surface area contributed by atoms with Gasteiger partial charge in [0.2, 0.25) is 5.95 Å². The molecular weight excluding hydrogens is 518 g/mol. The maximum atomic E-state index is 12.4. The monoisotopic (exact) mass is 541 g/mol. The predicted molar refractivity (Wildman–Crippen MR) is 127 cm³/mol. The van der Waals surface area contributed by atoms with Gasteiger partial charge in [-0.15, -0.1) is 6.54 Å². The summed E-state index contributed by atoms with van der Waals surface area (Å²) < 4.78 is 79.6. The Kier molecular flexibility index (Phi) is 9.28. The molecule has 2 aromatic carbocycles. The summed E-state index contributed by atoms with van der Waals surface area (Å²) in [5.74, 6) is -0.482. The molecule has 1 saturated heterocycles. The van der Waals surface area contributed by atoms with E-state index < -0.39 is 29.4 Å². The van der Waals surface area contributed by atoms with Gasteiger partial charge in [-0.25, -0.2) is 14.8 Å². The van der Waals surface area contributed by atoms with Crippen molar-refractivity contribution in [3.8, 4) is 11.3 Å². The minimum atomic E-state index is -4.80. The first kappa shape index (κ1) is 28.9. The molecule has 3 aromatic rings. The fourth-order valence-corrected chi connectivity index (χ4v) is 3.55. The maximum absolute atomic E-state index is 12.4. The Balaban J connectivity index is 0.000000216. The molecule has 0 aliphatic carbocycles. The van der Waals surface area contributed by atoms with Gasteiger partial charge in [-0.2, -0.15) is 33.4 Å². The molecular formula is C25H23F6N4O3-. The number of aromatic carboxylic acids is 1. The van der Waals surface area contributed by atoms with Gasteiger partial charge in [-0.1, -0.05) is 35.9 Å². The van der Waals surface area contributed by atoms with Crippen LogP contribution in [0.5, 0.6) is 0 Å². The minimum absolute atomic E-state index is 0.0964. The van der Waals surface area contributed by atoms with Gasteiger partial charge in [-0.05, 0) is 18.2 Å². The summed E-state index contributed by atoms with van der Waals surface area (Å²) in [6.07, 6.45) is -8.23. The molecule has 13 heteroatoms. The van der Waals surface area contributed by atoms with Crippen LogP contribution in [0, 0.1) is 0 Å². The van der Waals surface area contributed by atoms with E-state index in [9.17, 15) is 36.2 Å². The number of carbonyl (C=O) groups is 1. The molecule has 0 unspecified atom stereocenters. The number of morpholine rings is 1. The lowest BCUT2D eigenvalue weighted by molar-refractivity contribution is -0.143. The number of aromatic nitrogens is 2. The van der Waals surface area contributed by atoms with E-state index in [1.807, 2.05) is 35.2 Å². The number of alkyl halides is 6. The number of halogens is 6. The highest BCUT2D eigenvalue weighted by Crippen LogP contribution is 2.36. The number of ether oxygens (including phenoxy) is 1. The van der Waals surface area contributed by atoms with E-state index in [2.05, 4.69) is 15.3 Å². The van der Waals surface area contributed by atoms with E-state index >= 15 is 0 Å². The first-order valence-electron chi connectivity index (χ1n) is 11.2. The number of nitrogens with zero attached hydrogens (tertiary/aromatic N) is 4. The highest BCUT2D eigenvalue weighted by Gasteiger charge is 2.36. The molecule has 7 nitrogen and oxygen atoms in total. The van der Waals surface area contributed by atoms with Crippen molar-refractivity contribution in [3.63, 3.8) is 0 Å². The number of carboxylic acids is 1.